The van der Waals surface area contributed by atoms with Gasteiger partial charge in [-0.1, -0.05) is 92.8 Å². The topological polar surface area (TPSA) is 116 Å². The molecule has 37 heavy (non-hydrogen) atoms. The molecule has 0 bridgehead atoms. The zero-order valence-corrected chi connectivity index (χ0v) is 22.5. The van der Waals surface area contributed by atoms with Gasteiger partial charge in [-0.05, 0) is 49.1 Å². The molecular formula is C29H41N2O5P. The Hall–Kier alpha value is -2.47. The van der Waals surface area contributed by atoms with Gasteiger partial charge in [-0.3, -0.25) is 14.2 Å². The lowest BCUT2D eigenvalue weighted by Gasteiger charge is -2.28. The molecule has 8 heteroatoms. The lowest BCUT2D eigenvalue weighted by molar-refractivity contribution is -0.131. The maximum Gasteiger partial charge on any atom is 0.326 e. The summed E-state index contributed by atoms with van der Waals surface area (Å²) in [7, 11) is -4.40. The molecule has 1 fully saturated rings. The first-order chi connectivity index (χ1) is 17.8. The SMILES string of the molecule is O=C(N[C@H](CC1CCCCC1)C(=O)NCCc1ccccc1)C(CCCc1ccccc1)CP(=O)(O)O. The smallest absolute Gasteiger partial charge is 0.326 e. The highest BCUT2D eigenvalue weighted by Crippen LogP contribution is 2.38. The van der Waals surface area contributed by atoms with Gasteiger partial charge >= 0.3 is 7.60 Å². The molecule has 0 heterocycles. The minimum atomic E-state index is -4.40. The molecule has 2 aromatic carbocycles. The van der Waals surface area contributed by atoms with E-state index >= 15 is 0 Å². The summed E-state index contributed by atoms with van der Waals surface area (Å²) in [6.45, 7) is 0.461. The summed E-state index contributed by atoms with van der Waals surface area (Å²) in [5.41, 5.74) is 2.24. The van der Waals surface area contributed by atoms with Crippen LogP contribution in [0, 0.1) is 11.8 Å². The number of rotatable bonds is 14. The second-order valence-electron chi connectivity index (χ2n) is 10.2. The average Bonchev–Trinajstić information content (AvgIpc) is 2.89. The van der Waals surface area contributed by atoms with Gasteiger partial charge < -0.3 is 20.4 Å². The fraction of sp³-hybridized carbons (Fsp3) is 0.517. The molecule has 1 aliphatic carbocycles. The van der Waals surface area contributed by atoms with Gasteiger partial charge in [0.15, 0.2) is 0 Å². The first-order valence-corrected chi connectivity index (χ1v) is 15.3. The van der Waals surface area contributed by atoms with E-state index in [9.17, 15) is 23.9 Å². The van der Waals surface area contributed by atoms with Gasteiger partial charge in [0.25, 0.3) is 0 Å². The molecule has 4 N–H and O–H groups in total. The second kappa shape index (κ2) is 15.1. The molecule has 1 unspecified atom stereocenters. The lowest BCUT2D eigenvalue weighted by Crippen LogP contribution is -2.50. The molecular weight excluding hydrogens is 487 g/mol. The van der Waals surface area contributed by atoms with Crippen LogP contribution >= 0.6 is 7.60 Å². The van der Waals surface area contributed by atoms with Crippen LogP contribution in [0.3, 0.4) is 0 Å². The quantitative estimate of drug-likeness (QED) is 0.267. The molecule has 7 nitrogen and oxygen atoms in total. The third-order valence-corrected chi connectivity index (χ3v) is 8.09. The molecule has 202 valence electrons. The van der Waals surface area contributed by atoms with E-state index in [2.05, 4.69) is 10.6 Å². The number of nitrogens with one attached hydrogen (secondary N) is 2. The Morgan fingerprint density at radius 1 is 0.865 bits per heavy atom. The van der Waals surface area contributed by atoms with E-state index < -0.39 is 31.6 Å². The number of aryl methyl sites for hydroxylation is 1. The number of carbonyl (C=O) groups excluding carboxylic acids is 2. The normalized spacial score (nSPS) is 16.1. The lowest BCUT2D eigenvalue weighted by atomic mass is 9.84. The molecule has 1 aliphatic rings. The summed E-state index contributed by atoms with van der Waals surface area (Å²) in [5, 5.41) is 5.86. The van der Waals surface area contributed by atoms with E-state index in [0.717, 1.165) is 43.2 Å². The van der Waals surface area contributed by atoms with E-state index in [4.69, 9.17) is 0 Å². The van der Waals surface area contributed by atoms with E-state index in [-0.39, 0.29) is 5.91 Å². The van der Waals surface area contributed by atoms with Crippen LogP contribution in [0.2, 0.25) is 0 Å². The van der Waals surface area contributed by atoms with Crippen molar-refractivity contribution >= 4 is 19.4 Å². The molecule has 0 aromatic heterocycles. The Balaban J connectivity index is 1.62. The van der Waals surface area contributed by atoms with Crippen LogP contribution in [0.1, 0.15) is 62.5 Å². The van der Waals surface area contributed by atoms with Gasteiger partial charge in [0, 0.05) is 12.5 Å². The predicted octanol–water partition coefficient (Wildman–Crippen LogP) is 4.62. The van der Waals surface area contributed by atoms with Gasteiger partial charge in [-0.15, -0.1) is 0 Å². The van der Waals surface area contributed by atoms with Crippen molar-refractivity contribution in [1.82, 2.24) is 10.6 Å². The highest BCUT2D eigenvalue weighted by molar-refractivity contribution is 7.51. The fourth-order valence-electron chi connectivity index (χ4n) is 5.16. The molecule has 0 saturated heterocycles. The van der Waals surface area contributed by atoms with Gasteiger partial charge in [0.2, 0.25) is 11.8 Å². The molecule has 2 amide bonds. The Morgan fingerprint density at radius 2 is 1.46 bits per heavy atom. The molecule has 3 rings (SSSR count). The molecule has 0 spiro atoms. The van der Waals surface area contributed by atoms with Gasteiger partial charge in [0.05, 0.1) is 6.16 Å². The number of benzene rings is 2. The van der Waals surface area contributed by atoms with Crippen LogP contribution in [0.25, 0.3) is 0 Å². The third kappa shape index (κ3) is 11.2. The molecule has 2 aromatic rings. The Labute approximate surface area is 220 Å². The maximum atomic E-state index is 13.3. The highest BCUT2D eigenvalue weighted by atomic mass is 31.2. The summed E-state index contributed by atoms with van der Waals surface area (Å²) in [6.07, 6.45) is 7.93. The molecule has 0 aliphatic heterocycles. The number of hydrogen-bond acceptors (Lipinski definition) is 3. The summed E-state index contributed by atoms with van der Waals surface area (Å²) in [6, 6.07) is 19.0. The average molecular weight is 529 g/mol. The van der Waals surface area contributed by atoms with Gasteiger partial charge in [-0.2, -0.15) is 0 Å². The van der Waals surface area contributed by atoms with E-state index in [1.54, 1.807) is 0 Å². The second-order valence-corrected chi connectivity index (χ2v) is 11.9. The van der Waals surface area contributed by atoms with Gasteiger partial charge in [0.1, 0.15) is 6.04 Å². The Kier molecular flexibility index (Phi) is 11.8. The first-order valence-electron chi connectivity index (χ1n) is 13.5. The summed E-state index contributed by atoms with van der Waals surface area (Å²) in [5.74, 6) is -1.17. The Morgan fingerprint density at radius 3 is 2.05 bits per heavy atom. The van der Waals surface area contributed by atoms with E-state index in [1.807, 2.05) is 60.7 Å². The zero-order chi connectivity index (χ0) is 26.5. The minimum Gasteiger partial charge on any atom is -0.354 e. The number of hydrogen-bond donors (Lipinski definition) is 4. The van der Waals surface area contributed by atoms with Crippen molar-refractivity contribution in [3.05, 3.63) is 71.8 Å². The van der Waals surface area contributed by atoms with Crippen LogP contribution in [0.15, 0.2) is 60.7 Å². The zero-order valence-electron chi connectivity index (χ0n) is 21.6. The molecule has 1 saturated carbocycles. The van der Waals surface area contributed by atoms with Crippen molar-refractivity contribution in [2.75, 3.05) is 12.7 Å². The summed E-state index contributed by atoms with van der Waals surface area (Å²) in [4.78, 5) is 45.7. The van der Waals surface area contributed by atoms with Crippen LogP contribution < -0.4 is 10.6 Å². The highest BCUT2D eigenvalue weighted by Gasteiger charge is 2.31. The fourth-order valence-corrected chi connectivity index (χ4v) is 6.09. The first kappa shape index (κ1) is 29.1. The maximum absolute atomic E-state index is 13.3. The van der Waals surface area contributed by atoms with Crippen molar-refractivity contribution in [3.8, 4) is 0 Å². The van der Waals surface area contributed by atoms with Crippen molar-refractivity contribution in [2.45, 2.75) is 70.3 Å². The third-order valence-electron chi connectivity index (χ3n) is 7.17. The van der Waals surface area contributed by atoms with Crippen molar-refractivity contribution in [3.63, 3.8) is 0 Å². The van der Waals surface area contributed by atoms with E-state index in [1.165, 1.54) is 6.42 Å². The monoisotopic (exact) mass is 528 g/mol. The number of carbonyl (C=O) groups is 2. The van der Waals surface area contributed by atoms with Crippen molar-refractivity contribution < 1.29 is 23.9 Å². The summed E-state index contributed by atoms with van der Waals surface area (Å²) >= 11 is 0. The van der Waals surface area contributed by atoms with Crippen LogP contribution in [-0.2, 0) is 27.0 Å². The van der Waals surface area contributed by atoms with Crippen LogP contribution in [-0.4, -0.2) is 40.3 Å². The van der Waals surface area contributed by atoms with E-state index in [0.29, 0.717) is 38.1 Å². The predicted molar refractivity (Wildman–Crippen MR) is 146 cm³/mol. The summed E-state index contributed by atoms with van der Waals surface area (Å²) < 4.78 is 11.8. The standard InChI is InChI=1S/C29H41N2O5P/c32-28(26(22-37(34,35)36)18-10-17-23-11-4-1-5-12-23)31-27(21-25-15-8-3-9-16-25)29(33)30-20-19-24-13-6-2-7-14-24/h1-2,4-7,11-14,25-27H,3,8-10,15-22H2,(H,30,33)(H,31,32)(H2,34,35,36)/t26?,27-/m1/s1. The van der Waals surface area contributed by atoms with Crippen molar-refractivity contribution in [1.29, 1.82) is 0 Å². The van der Waals surface area contributed by atoms with Crippen LogP contribution in [0.5, 0.6) is 0 Å². The Bertz CT molecular complexity index is 1010. The van der Waals surface area contributed by atoms with Gasteiger partial charge in [-0.25, -0.2) is 0 Å². The minimum absolute atomic E-state index is 0.228. The molecule has 0 radical (unpaired) electrons. The number of amides is 2. The van der Waals surface area contributed by atoms with Crippen LogP contribution in [0.4, 0.5) is 0 Å². The van der Waals surface area contributed by atoms with Crippen molar-refractivity contribution in [2.24, 2.45) is 11.8 Å². The molecule has 2 atom stereocenters. The largest absolute Gasteiger partial charge is 0.354 e.